The van der Waals surface area contributed by atoms with Gasteiger partial charge in [0.25, 0.3) is 0 Å². The number of aromatic nitrogens is 3. The molecule has 3 atom stereocenters. The molecule has 3 fully saturated rings. The third kappa shape index (κ3) is 2.88. The molecule has 2 aromatic heterocycles. The van der Waals surface area contributed by atoms with E-state index >= 15 is 0 Å². The number of aromatic amines is 1. The van der Waals surface area contributed by atoms with Gasteiger partial charge in [0, 0.05) is 17.5 Å². The maximum absolute atomic E-state index is 13.0. The van der Waals surface area contributed by atoms with E-state index in [-0.39, 0.29) is 17.5 Å². The summed E-state index contributed by atoms with van der Waals surface area (Å²) in [6.07, 6.45) is 5.14. The molecule has 0 unspecified atom stereocenters. The Labute approximate surface area is 184 Å². The van der Waals surface area contributed by atoms with Crippen LogP contribution in [0.3, 0.4) is 0 Å². The van der Waals surface area contributed by atoms with Crippen molar-refractivity contribution in [1.82, 2.24) is 14.7 Å². The van der Waals surface area contributed by atoms with Gasteiger partial charge in [0.1, 0.15) is 11.2 Å². The van der Waals surface area contributed by atoms with Gasteiger partial charge in [-0.3, -0.25) is 9.51 Å². The summed E-state index contributed by atoms with van der Waals surface area (Å²) < 4.78 is 18.2. The number of rotatable bonds is 5. The molecule has 1 aliphatic heterocycles. The van der Waals surface area contributed by atoms with Crippen LogP contribution in [0.2, 0.25) is 0 Å². The molecule has 8 nitrogen and oxygen atoms in total. The number of benzene rings is 1. The monoisotopic (exact) mass is 437 g/mol. The van der Waals surface area contributed by atoms with Gasteiger partial charge in [-0.05, 0) is 74.6 Å². The van der Waals surface area contributed by atoms with E-state index in [0.29, 0.717) is 24.0 Å². The van der Waals surface area contributed by atoms with E-state index in [1.807, 2.05) is 10.6 Å². The van der Waals surface area contributed by atoms with Gasteiger partial charge in [-0.1, -0.05) is 18.1 Å². The molecular formula is C24H27N3O5. The Morgan fingerprint density at radius 1 is 1.31 bits per heavy atom. The molecule has 1 spiro atoms. The minimum absolute atomic E-state index is 0.103. The van der Waals surface area contributed by atoms with Crippen molar-refractivity contribution in [1.29, 1.82) is 0 Å². The van der Waals surface area contributed by atoms with Crippen LogP contribution in [0.5, 0.6) is 0 Å². The maximum Gasteiger partial charge on any atom is 0.438 e. The van der Waals surface area contributed by atoms with Gasteiger partial charge in [0.05, 0.1) is 12.2 Å². The fraction of sp³-hybridized carbons (Fsp3) is 0.542. The predicted molar refractivity (Wildman–Crippen MR) is 116 cm³/mol. The third-order valence-corrected chi connectivity index (χ3v) is 7.60. The Kier molecular flexibility index (Phi) is 4.21. The lowest BCUT2D eigenvalue weighted by Gasteiger charge is -2.30. The van der Waals surface area contributed by atoms with E-state index in [1.165, 1.54) is 5.56 Å². The number of hydrogen-bond donors (Lipinski definition) is 1. The van der Waals surface area contributed by atoms with Crippen molar-refractivity contribution >= 4 is 16.9 Å². The summed E-state index contributed by atoms with van der Waals surface area (Å²) in [5.74, 6) is 0.117. The smallest absolute Gasteiger partial charge is 0.438 e. The first-order chi connectivity index (χ1) is 15.5. The van der Waals surface area contributed by atoms with Crippen LogP contribution in [0.4, 0.5) is 0 Å². The van der Waals surface area contributed by atoms with Crippen LogP contribution >= 0.6 is 0 Å². The minimum atomic E-state index is -0.631. The van der Waals surface area contributed by atoms with Gasteiger partial charge in [-0.2, -0.15) is 0 Å². The molecule has 32 heavy (non-hydrogen) atoms. The summed E-state index contributed by atoms with van der Waals surface area (Å²) in [6, 6.07) is 8.38. The normalized spacial score (nSPS) is 28.2. The maximum atomic E-state index is 13.0. The summed E-state index contributed by atoms with van der Waals surface area (Å²) >= 11 is 0. The number of ether oxygens (including phenoxy) is 2. The summed E-state index contributed by atoms with van der Waals surface area (Å²) in [4.78, 5) is 27.4. The molecule has 2 aliphatic carbocycles. The SMILES string of the molecule is CCOC(=O)c1cc2cc([C@@H]3CCOC4(CC4)C3)ccc2n1[C@]1(c2noc(=O)[nH]2)C[C@H]1C. The van der Waals surface area contributed by atoms with Gasteiger partial charge in [-0.25, -0.2) is 9.59 Å². The Balaban J connectivity index is 1.48. The average Bonchev–Trinajstić information content (AvgIpc) is 3.55. The second-order valence-electron chi connectivity index (χ2n) is 9.60. The fourth-order valence-corrected chi connectivity index (χ4v) is 5.65. The molecule has 0 amide bonds. The van der Waals surface area contributed by atoms with Crippen molar-refractivity contribution in [2.24, 2.45) is 5.92 Å². The van der Waals surface area contributed by atoms with Crippen molar-refractivity contribution in [2.75, 3.05) is 13.2 Å². The topological polar surface area (TPSA) is 99.3 Å². The number of hydrogen-bond acceptors (Lipinski definition) is 6. The van der Waals surface area contributed by atoms with E-state index in [1.54, 1.807) is 6.92 Å². The van der Waals surface area contributed by atoms with Crippen LogP contribution in [0.25, 0.3) is 10.9 Å². The Bertz CT molecular complexity index is 1270. The molecule has 3 aromatic rings. The first-order valence-corrected chi connectivity index (χ1v) is 11.5. The van der Waals surface area contributed by atoms with Crippen LogP contribution in [-0.4, -0.2) is 39.5 Å². The molecule has 8 heteroatoms. The number of nitrogens with zero attached hydrogens (tertiary/aromatic N) is 2. The molecule has 0 radical (unpaired) electrons. The number of carbonyl (C=O) groups is 1. The van der Waals surface area contributed by atoms with Gasteiger partial charge in [0.15, 0.2) is 5.82 Å². The van der Waals surface area contributed by atoms with Crippen LogP contribution in [-0.2, 0) is 15.0 Å². The first-order valence-electron chi connectivity index (χ1n) is 11.5. The zero-order chi connectivity index (χ0) is 22.1. The van der Waals surface area contributed by atoms with Gasteiger partial charge in [0.2, 0.25) is 0 Å². The number of carbonyl (C=O) groups excluding carboxylic acids is 1. The van der Waals surface area contributed by atoms with E-state index in [0.717, 1.165) is 49.6 Å². The molecule has 168 valence electrons. The van der Waals surface area contributed by atoms with Gasteiger partial charge < -0.3 is 14.0 Å². The van der Waals surface area contributed by atoms with Crippen molar-refractivity contribution in [3.8, 4) is 0 Å². The summed E-state index contributed by atoms with van der Waals surface area (Å²) in [6.45, 7) is 4.97. The number of H-pyrrole nitrogens is 1. The molecule has 1 aromatic carbocycles. The minimum Gasteiger partial charge on any atom is -0.461 e. The fourth-order valence-electron chi connectivity index (χ4n) is 5.65. The van der Waals surface area contributed by atoms with E-state index in [4.69, 9.17) is 14.0 Å². The van der Waals surface area contributed by atoms with Crippen molar-refractivity contribution in [3.05, 3.63) is 51.9 Å². The summed E-state index contributed by atoms with van der Waals surface area (Å²) in [5, 5.41) is 4.99. The highest BCUT2D eigenvalue weighted by Gasteiger charge is 2.59. The van der Waals surface area contributed by atoms with Crippen LogP contribution in [0.1, 0.15) is 73.7 Å². The Morgan fingerprint density at radius 3 is 2.78 bits per heavy atom. The van der Waals surface area contributed by atoms with Crippen molar-refractivity contribution in [3.63, 3.8) is 0 Å². The van der Waals surface area contributed by atoms with Crippen molar-refractivity contribution in [2.45, 2.75) is 63.0 Å². The Morgan fingerprint density at radius 2 is 2.12 bits per heavy atom. The molecular weight excluding hydrogens is 410 g/mol. The second kappa shape index (κ2) is 6.81. The Hall–Kier alpha value is -2.87. The number of nitrogens with one attached hydrogen (secondary N) is 1. The van der Waals surface area contributed by atoms with E-state index < -0.39 is 11.3 Å². The largest absolute Gasteiger partial charge is 0.461 e. The molecule has 1 N–H and O–H groups in total. The van der Waals surface area contributed by atoms with Crippen LogP contribution < -0.4 is 5.76 Å². The number of esters is 1. The second-order valence-corrected chi connectivity index (χ2v) is 9.60. The molecule has 2 saturated carbocycles. The van der Waals surface area contributed by atoms with Crippen molar-refractivity contribution < 1.29 is 18.8 Å². The first kappa shape index (κ1) is 19.8. The molecule has 6 rings (SSSR count). The molecule has 3 heterocycles. The standard InChI is InChI=1S/C24H27N3O5/c1-3-30-20(28)19-11-17-10-15(16-6-9-31-23(13-16)7-8-23)4-5-18(17)27(19)24(12-14(24)2)21-25-22(29)32-26-21/h4-5,10-11,14,16H,3,6-9,12-13H2,1-2H3,(H,25,26,29)/t14-,16-,24-/m1/s1. The van der Waals surface area contributed by atoms with E-state index in [2.05, 4.69) is 35.3 Å². The number of fused-ring (bicyclic) bond motifs is 1. The van der Waals surface area contributed by atoms with E-state index in [9.17, 15) is 9.59 Å². The lowest BCUT2D eigenvalue weighted by atomic mass is 9.87. The molecule has 1 saturated heterocycles. The van der Waals surface area contributed by atoms with Crippen LogP contribution in [0.15, 0.2) is 33.6 Å². The predicted octanol–water partition coefficient (Wildman–Crippen LogP) is 3.70. The van der Waals surface area contributed by atoms with Gasteiger partial charge >= 0.3 is 11.7 Å². The lowest BCUT2D eigenvalue weighted by Crippen LogP contribution is -2.27. The molecule has 0 bridgehead atoms. The van der Waals surface area contributed by atoms with Gasteiger partial charge in [-0.15, -0.1) is 0 Å². The highest BCUT2D eigenvalue weighted by Crippen LogP contribution is 2.56. The zero-order valence-corrected chi connectivity index (χ0v) is 18.3. The summed E-state index contributed by atoms with van der Waals surface area (Å²) in [7, 11) is 0. The average molecular weight is 437 g/mol. The quantitative estimate of drug-likeness (QED) is 0.611. The highest BCUT2D eigenvalue weighted by molar-refractivity contribution is 5.96. The third-order valence-electron chi connectivity index (χ3n) is 7.60. The lowest BCUT2D eigenvalue weighted by molar-refractivity contribution is -0.0132. The van der Waals surface area contributed by atoms with Crippen LogP contribution in [0, 0.1) is 5.92 Å². The molecule has 3 aliphatic rings. The zero-order valence-electron chi connectivity index (χ0n) is 18.3. The summed E-state index contributed by atoms with van der Waals surface area (Å²) in [5.41, 5.74) is 2.16. The highest BCUT2D eigenvalue weighted by atomic mass is 16.5.